The molecule has 1 aromatic rings. The van der Waals surface area contributed by atoms with Gasteiger partial charge in [0.05, 0.1) is 24.2 Å². The number of carbonyl (C=O) groups is 1. The predicted molar refractivity (Wildman–Crippen MR) is 90.5 cm³/mol. The number of carbonyl (C=O) groups excluding carboxylic acids is 1. The van der Waals surface area contributed by atoms with Crippen LogP contribution in [0.1, 0.15) is 51.4 Å². The highest BCUT2D eigenvalue weighted by molar-refractivity contribution is 5.95. The molecule has 2 saturated carbocycles. The maximum Gasteiger partial charge on any atom is 0.325 e. The molecule has 0 aromatic heterocycles. The van der Waals surface area contributed by atoms with Crippen molar-refractivity contribution < 1.29 is 14.3 Å². The lowest BCUT2D eigenvalue weighted by Gasteiger charge is -2.46. The molecule has 1 spiro atoms. The summed E-state index contributed by atoms with van der Waals surface area (Å²) in [6.45, 7) is 1.02. The molecule has 1 saturated heterocycles. The Balaban J connectivity index is 1.65. The minimum Gasteiger partial charge on any atom is -0.388 e. The van der Waals surface area contributed by atoms with E-state index in [-0.39, 0.29) is 17.4 Å². The highest BCUT2D eigenvalue weighted by Crippen LogP contribution is 2.44. The third-order valence-corrected chi connectivity index (χ3v) is 6.13. The van der Waals surface area contributed by atoms with Crippen LogP contribution in [0.15, 0.2) is 24.3 Å². The summed E-state index contributed by atoms with van der Waals surface area (Å²) in [5.74, 6) is -0.325. The first-order chi connectivity index (χ1) is 11.5. The normalized spacial score (nSPS) is 25.2. The molecule has 0 atom stereocenters. The van der Waals surface area contributed by atoms with Crippen LogP contribution in [0, 0.1) is 5.82 Å². The number of aliphatic hydroxyl groups is 1. The SMILES string of the molecule is O=C1N(c2cccc(F)c2)CC2(CCCCC2)N1CC1(O)CCC1. The molecule has 1 heterocycles. The molecule has 0 bridgehead atoms. The van der Waals surface area contributed by atoms with Crippen LogP contribution in [-0.4, -0.2) is 40.3 Å². The summed E-state index contributed by atoms with van der Waals surface area (Å²) >= 11 is 0. The number of urea groups is 1. The fourth-order valence-corrected chi connectivity index (χ4v) is 4.55. The largest absolute Gasteiger partial charge is 0.388 e. The summed E-state index contributed by atoms with van der Waals surface area (Å²) in [4.78, 5) is 16.7. The van der Waals surface area contributed by atoms with Gasteiger partial charge in [-0.15, -0.1) is 0 Å². The number of β-amino-alcohol motifs (C(OH)–C–C–N with tert-alkyl or cyclic N) is 1. The van der Waals surface area contributed by atoms with Gasteiger partial charge in [-0.3, -0.25) is 4.90 Å². The fraction of sp³-hybridized carbons (Fsp3) is 0.632. The standard InChI is InChI=1S/C19H25FN2O2/c20-15-6-4-7-16(12-15)21-13-18(8-2-1-3-9-18)22(17(21)23)14-19(24)10-5-11-19/h4,6-7,12,24H,1-3,5,8-11,13-14H2. The molecule has 4 nitrogen and oxygen atoms in total. The van der Waals surface area contributed by atoms with Crippen LogP contribution in [0.2, 0.25) is 0 Å². The van der Waals surface area contributed by atoms with Gasteiger partial charge < -0.3 is 10.0 Å². The van der Waals surface area contributed by atoms with Crippen LogP contribution in [0.5, 0.6) is 0 Å². The molecule has 3 fully saturated rings. The van der Waals surface area contributed by atoms with Gasteiger partial charge in [0.1, 0.15) is 5.82 Å². The van der Waals surface area contributed by atoms with Crippen molar-refractivity contribution in [2.24, 2.45) is 0 Å². The predicted octanol–water partition coefficient (Wildman–Crippen LogP) is 3.69. The molecular weight excluding hydrogens is 307 g/mol. The number of halogens is 1. The van der Waals surface area contributed by atoms with Crippen LogP contribution >= 0.6 is 0 Å². The van der Waals surface area contributed by atoms with E-state index in [4.69, 9.17) is 0 Å². The van der Waals surface area contributed by atoms with Gasteiger partial charge in [0.15, 0.2) is 0 Å². The van der Waals surface area contributed by atoms with Crippen LogP contribution < -0.4 is 4.90 Å². The Hall–Kier alpha value is -1.62. The average Bonchev–Trinajstić information content (AvgIpc) is 2.80. The van der Waals surface area contributed by atoms with Gasteiger partial charge >= 0.3 is 6.03 Å². The smallest absolute Gasteiger partial charge is 0.325 e. The van der Waals surface area contributed by atoms with E-state index in [9.17, 15) is 14.3 Å². The molecule has 3 aliphatic rings. The molecule has 0 radical (unpaired) electrons. The molecule has 2 amide bonds. The number of rotatable bonds is 3. The second-order valence-electron chi connectivity index (χ2n) is 7.80. The molecule has 4 rings (SSSR count). The molecule has 1 aromatic carbocycles. The topological polar surface area (TPSA) is 43.8 Å². The van der Waals surface area contributed by atoms with Gasteiger partial charge in [-0.05, 0) is 50.3 Å². The summed E-state index contributed by atoms with van der Waals surface area (Å²) in [6.07, 6.45) is 7.94. The lowest BCUT2D eigenvalue weighted by molar-refractivity contribution is -0.0662. The molecular formula is C19H25FN2O2. The summed E-state index contributed by atoms with van der Waals surface area (Å²) < 4.78 is 13.6. The van der Waals surface area contributed by atoms with E-state index >= 15 is 0 Å². The number of hydrogen-bond acceptors (Lipinski definition) is 2. The summed E-state index contributed by atoms with van der Waals surface area (Å²) in [5, 5.41) is 10.6. The van der Waals surface area contributed by atoms with Gasteiger partial charge in [0.25, 0.3) is 0 Å². The Morgan fingerprint density at radius 2 is 1.83 bits per heavy atom. The van der Waals surface area contributed by atoms with E-state index in [0.29, 0.717) is 18.8 Å². The fourth-order valence-electron chi connectivity index (χ4n) is 4.55. The molecule has 1 aliphatic heterocycles. The minimum atomic E-state index is -0.724. The monoisotopic (exact) mass is 332 g/mol. The average molecular weight is 332 g/mol. The van der Waals surface area contributed by atoms with Gasteiger partial charge in [0.2, 0.25) is 0 Å². The zero-order valence-electron chi connectivity index (χ0n) is 14.0. The van der Waals surface area contributed by atoms with E-state index in [0.717, 1.165) is 44.9 Å². The van der Waals surface area contributed by atoms with Crippen LogP contribution in [0.3, 0.4) is 0 Å². The van der Waals surface area contributed by atoms with Crippen LogP contribution in [0.4, 0.5) is 14.9 Å². The second kappa shape index (κ2) is 5.73. The third-order valence-electron chi connectivity index (χ3n) is 6.13. The quantitative estimate of drug-likeness (QED) is 0.917. The first kappa shape index (κ1) is 15.9. The Morgan fingerprint density at radius 1 is 1.08 bits per heavy atom. The van der Waals surface area contributed by atoms with Crippen molar-refractivity contribution in [3.8, 4) is 0 Å². The maximum absolute atomic E-state index is 13.6. The van der Waals surface area contributed by atoms with Gasteiger partial charge in [0, 0.05) is 5.69 Å². The zero-order chi connectivity index (χ0) is 16.8. The minimum absolute atomic E-state index is 0.0807. The van der Waals surface area contributed by atoms with Crippen molar-refractivity contribution in [1.82, 2.24) is 4.90 Å². The van der Waals surface area contributed by atoms with E-state index < -0.39 is 5.60 Å². The Bertz CT molecular complexity index is 638. The van der Waals surface area contributed by atoms with Crippen molar-refractivity contribution in [3.63, 3.8) is 0 Å². The number of nitrogens with zero attached hydrogens (tertiary/aromatic N) is 2. The highest BCUT2D eigenvalue weighted by Gasteiger charge is 2.53. The van der Waals surface area contributed by atoms with Crippen molar-refractivity contribution in [2.75, 3.05) is 18.0 Å². The number of benzene rings is 1. The lowest BCUT2D eigenvalue weighted by Crippen LogP contribution is -2.56. The Labute approximate surface area is 142 Å². The van der Waals surface area contributed by atoms with Gasteiger partial charge in [-0.1, -0.05) is 25.3 Å². The summed E-state index contributed by atoms with van der Waals surface area (Å²) in [6, 6.07) is 6.18. The number of hydrogen-bond donors (Lipinski definition) is 1. The van der Waals surface area contributed by atoms with E-state index in [1.807, 2.05) is 4.90 Å². The van der Waals surface area contributed by atoms with Gasteiger partial charge in [-0.2, -0.15) is 0 Å². The molecule has 5 heteroatoms. The molecule has 2 aliphatic carbocycles. The summed E-state index contributed by atoms with van der Waals surface area (Å²) in [5.41, 5.74) is -0.307. The van der Waals surface area contributed by atoms with Crippen LogP contribution in [-0.2, 0) is 0 Å². The number of amides is 2. The van der Waals surface area contributed by atoms with E-state index in [2.05, 4.69) is 0 Å². The van der Waals surface area contributed by atoms with Crippen molar-refractivity contribution >= 4 is 11.7 Å². The van der Waals surface area contributed by atoms with E-state index in [1.54, 1.807) is 17.0 Å². The Morgan fingerprint density at radius 3 is 2.46 bits per heavy atom. The first-order valence-corrected chi connectivity index (χ1v) is 9.09. The molecule has 24 heavy (non-hydrogen) atoms. The zero-order valence-corrected chi connectivity index (χ0v) is 14.0. The lowest BCUT2D eigenvalue weighted by atomic mass is 9.76. The first-order valence-electron chi connectivity index (χ1n) is 9.09. The molecule has 0 unspecified atom stereocenters. The number of anilines is 1. The second-order valence-corrected chi connectivity index (χ2v) is 7.80. The summed E-state index contributed by atoms with van der Waals surface area (Å²) in [7, 11) is 0. The van der Waals surface area contributed by atoms with Crippen molar-refractivity contribution in [2.45, 2.75) is 62.5 Å². The van der Waals surface area contributed by atoms with Gasteiger partial charge in [-0.25, -0.2) is 9.18 Å². The molecule has 130 valence electrons. The van der Waals surface area contributed by atoms with E-state index in [1.165, 1.54) is 18.6 Å². The maximum atomic E-state index is 13.6. The van der Waals surface area contributed by atoms with Crippen LogP contribution in [0.25, 0.3) is 0 Å². The molecule has 1 N–H and O–H groups in total. The van der Waals surface area contributed by atoms with Crippen molar-refractivity contribution in [3.05, 3.63) is 30.1 Å². The van der Waals surface area contributed by atoms with Crippen molar-refractivity contribution in [1.29, 1.82) is 0 Å². The third kappa shape index (κ3) is 2.59. The highest BCUT2D eigenvalue weighted by atomic mass is 19.1. The Kier molecular flexibility index (Phi) is 3.79.